The fraction of sp³-hybridized carbons (Fsp3) is 0.389. The highest BCUT2D eigenvalue weighted by molar-refractivity contribution is 5.63. The van der Waals surface area contributed by atoms with Crippen molar-refractivity contribution < 1.29 is 0 Å². The number of pyridine rings is 1. The van der Waals surface area contributed by atoms with Crippen molar-refractivity contribution in [3.05, 3.63) is 53.7 Å². The van der Waals surface area contributed by atoms with Gasteiger partial charge >= 0.3 is 0 Å². The smallest absolute Gasteiger partial charge is 0.137 e. The lowest BCUT2D eigenvalue weighted by molar-refractivity contribution is 0.596. The molecule has 0 fully saturated rings. The van der Waals surface area contributed by atoms with Crippen LogP contribution in [-0.4, -0.2) is 18.1 Å². The molecule has 0 aliphatic carbocycles. The van der Waals surface area contributed by atoms with Crippen LogP contribution in [0.15, 0.2) is 42.6 Å². The van der Waals surface area contributed by atoms with E-state index in [1.807, 2.05) is 12.3 Å². The summed E-state index contributed by atoms with van der Waals surface area (Å²) >= 11 is 0. The first kappa shape index (κ1) is 15.5. The van der Waals surface area contributed by atoms with E-state index < -0.39 is 0 Å². The van der Waals surface area contributed by atoms with Gasteiger partial charge in [-0.15, -0.1) is 0 Å². The van der Waals surface area contributed by atoms with E-state index in [1.54, 1.807) is 0 Å². The maximum Gasteiger partial charge on any atom is 0.137 e. The summed E-state index contributed by atoms with van der Waals surface area (Å²) in [4.78, 5) is 6.92. The molecule has 1 unspecified atom stereocenters. The molecule has 2 aromatic rings. The molecule has 0 aliphatic rings. The first-order valence-electron chi connectivity index (χ1n) is 7.69. The van der Waals surface area contributed by atoms with Gasteiger partial charge in [0.2, 0.25) is 0 Å². The minimum absolute atomic E-state index is 0.289. The van der Waals surface area contributed by atoms with Gasteiger partial charge in [0.15, 0.2) is 0 Å². The van der Waals surface area contributed by atoms with Crippen LogP contribution in [-0.2, 0) is 0 Å². The quantitative estimate of drug-likeness (QED) is 0.860. The number of nitrogens with zero attached hydrogens (tertiary/aromatic N) is 2. The minimum atomic E-state index is 0.289. The van der Waals surface area contributed by atoms with Crippen LogP contribution in [0.2, 0.25) is 0 Å². The van der Waals surface area contributed by atoms with Gasteiger partial charge in [0, 0.05) is 30.0 Å². The predicted molar refractivity (Wildman–Crippen MR) is 90.2 cm³/mol. The molecule has 1 heterocycles. The van der Waals surface area contributed by atoms with Crippen LogP contribution in [0.5, 0.6) is 0 Å². The van der Waals surface area contributed by atoms with Crippen molar-refractivity contribution in [3.63, 3.8) is 0 Å². The number of anilines is 2. The number of rotatable bonds is 6. The van der Waals surface area contributed by atoms with Crippen LogP contribution in [0.1, 0.15) is 37.9 Å². The number of nitrogens with one attached hydrogen (secondary N) is 1. The van der Waals surface area contributed by atoms with Crippen LogP contribution in [0.25, 0.3) is 0 Å². The molecule has 1 atom stereocenters. The summed E-state index contributed by atoms with van der Waals surface area (Å²) in [6, 6.07) is 13.0. The van der Waals surface area contributed by atoms with E-state index in [1.165, 1.54) is 16.8 Å². The Morgan fingerprint density at radius 3 is 2.67 bits per heavy atom. The molecule has 1 aromatic carbocycles. The molecular formula is C18H25N3. The zero-order valence-electron chi connectivity index (χ0n) is 13.4. The fourth-order valence-electron chi connectivity index (χ4n) is 2.64. The maximum atomic E-state index is 4.65. The third kappa shape index (κ3) is 3.61. The topological polar surface area (TPSA) is 28.2 Å². The van der Waals surface area contributed by atoms with Gasteiger partial charge in [-0.25, -0.2) is 4.98 Å². The molecule has 3 heteroatoms. The molecule has 1 N–H and O–H groups in total. The molecule has 21 heavy (non-hydrogen) atoms. The van der Waals surface area contributed by atoms with Crippen molar-refractivity contribution in [1.29, 1.82) is 0 Å². The molecule has 3 nitrogen and oxygen atoms in total. The van der Waals surface area contributed by atoms with Gasteiger partial charge < -0.3 is 10.2 Å². The molecule has 0 radical (unpaired) electrons. The lowest BCUT2D eigenvalue weighted by Gasteiger charge is -2.27. The molecule has 0 aliphatic heterocycles. The van der Waals surface area contributed by atoms with E-state index in [2.05, 4.69) is 73.2 Å². The molecule has 112 valence electrons. The van der Waals surface area contributed by atoms with Crippen molar-refractivity contribution in [1.82, 2.24) is 10.3 Å². The second kappa shape index (κ2) is 7.23. The van der Waals surface area contributed by atoms with Crippen molar-refractivity contribution in [2.75, 3.05) is 18.0 Å². The van der Waals surface area contributed by atoms with Crippen LogP contribution in [0.4, 0.5) is 11.5 Å². The number of hydrogen-bond donors (Lipinski definition) is 1. The molecule has 0 amide bonds. The second-order valence-electron chi connectivity index (χ2n) is 5.28. The van der Waals surface area contributed by atoms with Crippen molar-refractivity contribution >= 4 is 11.5 Å². The summed E-state index contributed by atoms with van der Waals surface area (Å²) < 4.78 is 0. The summed E-state index contributed by atoms with van der Waals surface area (Å²) in [5, 5.41) is 3.48. The summed E-state index contributed by atoms with van der Waals surface area (Å²) in [5.41, 5.74) is 3.70. The fourth-order valence-corrected chi connectivity index (χ4v) is 2.64. The van der Waals surface area contributed by atoms with Gasteiger partial charge in [-0.3, -0.25) is 0 Å². The minimum Gasteiger partial charge on any atom is -0.326 e. The highest BCUT2D eigenvalue weighted by Gasteiger charge is 2.16. The van der Waals surface area contributed by atoms with Gasteiger partial charge in [-0.05, 0) is 51.1 Å². The maximum absolute atomic E-state index is 4.65. The molecular weight excluding hydrogens is 258 g/mol. The summed E-state index contributed by atoms with van der Waals surface area (Å²) in [7, 11) is 0. The van der Waals surface area contributed by atoms with E-state index in [9.17, 15) is 0 Å². The van der Waals surface area contributed by atoms with E-state index in [4.69, 9.17) is 0 Å². The van der Waals surface area contributed by atoms with Gasteiger partial charge in [0.1, 0.15) is 5.82 Å². The van der Waals surface area contributed by atoms with Gasteiger partial charge in [0.25, 0.3) is 0 Å². The molecule has 0 spiro atoms. The van der Waals surface area contributed by atoms with Gasteiger partial charge in [-0.1, -0.05) is 25.1 Å². The Kier molecular flexibility index (Phi) is 5.34. The lowest BCUT2D eigenvalue weighted by Crippen LogP contribution is -2.24. The predicted octanol–water partition coefficient (Wildman–Crippen LogP) is 4.22. The van der Waals surface area contributed by atoms with E-state index in [0.29, 0.717) is 0 Å². The largest absolute Gasteiger partial charge is 0.326 e. The van der Waals surface area contributed by atoms with E-state index in [0.717, 1.165) is 18.9 Å². The molecule has 2 rings (SSSR count). The van der Waals surface area contributed by atoms with Crippen LogP contribution in [0.3, 0.4) is 0 Å². The van der Waals surface area contributed by atoms with Crippen molar-refractivity contribution in [3.8, 4) is 0 Å². The number of hydrogen-bond acceptors (Lipinski definition) is 3. The third-order valence-corrected chi connectivity index (χ3v) is 3.68. The van der Waals surface area contributed by atoms with Gasteiger partial charge in [-0.2, -0.15) is 0 Å². The molecule has 1 aromatic heterocycles. The summed E-state index contributed by atoms with van der Waals surface area (Å²) in [6.07, 6.45) is 1.87. The first-order chi connectivity index (χ1) is 10.2. The normalized spacial score (nSPS) is 12.2. The Bertz CT molecular complexity index is 580. The Morgan fingerprint density at radius 2 is 2.00 bits per heavy atom. The zero-order chi connectivity index (χ0) is 15.2. The monoisotopic (exact) mass is 283 g/mol. The van der Waals surface area contributed by atoms with Crippen molar-refractivity contribution in [2.45, 2.75) is 33.7 Å². The number of aromatic nitrogens is 1. The van der Waals surface area contributed by atoms with Crippen LogP contribution < -0.4 is 10.2 Å². The Balaban J connectivity index is 2.43. The molecule has 0 saturated carbocycles. The van der Waals surface area contributed by atoms with Crippen LogP contribution >= 0.6 is 0 Å². The van der Waals surface area contributed by atoms with Crippen LogP contribution in [0, 0.1) is 6.92 Å². The summed E-state index contributed by atoms with van der Waals surface area (Å²) in [6.45, 7) is 10.5. The Morgan fingerprint density at radius 1 is 1.19 bits per heavy atom. The Labute approximate surface area is 128 Å². The van der Waals surface area contributed by atoms with E-state index >= 15 is 0 Å². The van der Waals surface area contributed by atoms with Crippen molar-refractivity contribution in [2.24, 2.45) is 0 Å². The third-order valence-electron chi connectivity index (χ3n) is 3.68. The SMILES string of the molecule is CCNC(C)c1cccnc1N(CC)c1cccc(C)c1. The molecule has 0 saturated heterocycles. The highest BCUT2D eigenvalue weighted by Crippen LogP contribution is 2.30. The summed E-state index contributed by atoms with van der Waals surface area (Å²) in [5.74, 6) is 1.04. The second-order valence-corrected chi connectivity index (χ2v) is 5.28. The zero-order valence-corrected chi connectivity index (χ0v) is 13.4. The first-order valence-corrected chi connectivity index (χ1v) is 7.69. The average molecular weight is 283 g/mol. The van der Waals surface area contributed by atoms with Gasteiger partial charge in [0.05, 0.1) is 0 Å². The Hall–Kier alpha value is -1.87. The standard InChI is InChI=1S/C18H25N3/c1-5-19-15(4)17-11-8-12-20-18(17)21(6-2)16-10-7-9-14(3)13-16/h7-13,15,19H,5-6H2,1-4H3. The molecule has 0 bridgehead atoms. The van der Waals surface area contributed by atoms with E-state index in [-0.39, 0.29) is 6.04 Å². The lowest BCUT2D eigenvalue weighted by atomic mass is 10.1. The highest BCUT2D eigenvalue weighted by atomic mass is 15.2. The number of benzene rings is 1. The number of aryl methyl sites for hydroxylation is 1. The average Bonchev–Trinajstić information content (AvgIpc) is 2.49.